The summed E-state index contributed by atoms with van der Waals surface area (Å²) in [4.78, 5) is 4.07. The molecule has 1 unspecified atom stereocenters. The molecule has 0 saturated heterocycles. The third-order valence-corrected chi connectivity index (χ3v) is 3.43. The SMILES string of the molecule is OC(c1cc(F)cc(Cl)c1)c1cccc2ccncc12. The average Bonchev–Trinajstić information content (AvgIpc) is 2.45. The fourth-order valence-corrected chi connectivity index (χ4v) is 2.52. The van der Waals surface area contributed by atoms with Crippen molar-refractivity contribution in [1.82, 2.24) is 4.98 Å². The number of pyridine rings is 1. The predicted molar refractivity (Wildman–Crippen MR) is 77.2 cm³/mol. The first kappa shape index (κ1) is 13.0. The highest BCUT2D eigenvalue weighted by Gasteiger charge is 2.15. The minimum absolute atomic E-state index is 0.261. The van der Waals surface area contributed by atoms with Gasteiger partial charge in [-0.1, -0.05) is 29.8 Å². The topological polar surface area (TPSA) is 33.1 Å². The van der Waals surface area contributed by atoms with Crippen LogP contribution in [-0.4, -0.2) is 10.1 Å². The van der Waals surface area contributed by atoms with Crippen molar-refractivity contribution >= 4 is 22.4 Å². The van der Waals surface area contributed by atoms with Crippen molar-refractivity contribution in [2.24, 2.45) is 0 Å². The van der Waals surface area contributed by atoms with Gasteiger partial charge in [-0.05, 0) is 40.8 Å². The molecule has 100 valence electrons. The van der Waals surface area contributed by atoms with Gasteiger partial charge < -0.3 is 5.11 Å². The molecule has 0 aliphatic rings. The summed E-state index contributed by atoms with van der Waals surface area (Å²) in [6, 6.07) is 11.5. The highest BCUT2D eigenvalue weighted by atomic mass is 35.5. The van der Waals surface area contributed by atoms with Crippen LogP contribution in [-0.2, 0) is 0 Å². The van der Waals surface area contributed by atoms with E-state index in [9.17, 15) is 9.50 Å². The van der Waals surface area contributed by atoms with Gasteiger partial charge in [-0.2, -0.15) is 0 Å². The zero-order valence-corrected chi connectivity index (χ0v) is 11.2. The Hall–Kier alpha value is -1.97. The van der Waals surface area contributed by atoms with Crippen molar-refractivity contribution in [1.29, 1.82) is 0 Å². The highest BCUT2D eigenvalue weighted by molar-refractivity contribution is 6.30. The number of fused-ring (bicyclic) bond motifs is 1. The number of benzene rings is 2. The molecule has 4 heteroatoms. The Balaban J connectivity index is 2.15. The first-order valence-electron chi connectivity index (χ1n) is 6.12. The Labute approximate surface area is 120 Å². The Morgan fingerprint density at radius 1 is 1.15 bits per heavy atom. The van der Waals surface area contributed by atoms with E-state index < -0.39 is 11.9 Å². The van der Waals surface area contributed by atoms with E-state index in [1.807, 2.05) is 18.2 Å². The molecule has 3 aromatic rings. The Morgan fingerprint density at radius 2 is 2.00 bits per heavy atom. The molecule has 2 aromatic carbocycles. The van der Waals surface area contributed by atoms with E-state index >= 15 is 0 Å². The molecule has 0 bridgehead atoms. The van der Waals surface area contributed by atoms with Crippen LogP contribution in [0.15, 0.2) is 54.9 Å². The van der Waals surface area contributed by atoms with Gasteiger partial charge in [-0.25, -0.2) is 4.39 Å². The molecular weight excluding hydrogens is 277 g/mol. The van der Waals surface area contributed by atoms with Crippen molar-refractivity contribution in [3.05, 3.63) is 76.8 Å². The average molecular weight is 288 g/mol. The number of aliphatic hydroxyl groups excluding tert-OH is 1. The van der Waals surface area contributed by atoms with Gasteiger partial charge >= 0.3 is 0 Å². The summed E-state index contributed by atoms with van der Waals surface area (Å²) in [7, 11) is 0. The Morgan fingerprint density at radius 3 is 2.80 bits per heavy atom. The molecule has 1 heterocycles. The van der Waals surface area contributed by atoms with Gasteiger partial charge in [0.15, 0.2) is 0 Å². The van der Waals surface area contributed by atoms with E-state index in [0.717, 1.165) is 10.8 Å². The summed E-state index contributed by atoms with van der Waals surface area (Å²) in [6.07, 6.45) is 2.43. The van der Waals surface area contributed by atoms with E-state index in [1.165, 1.54) is 12.1 Å². The zero-order chi connectivity index (χ0) is 14.1. The molecule has 20 heavy (non-hydrogen) atoms. The zero-order valence-electron chi connectivity index (χ0n) is 10.4. The number of aliphatic hydroxyl groups is 1. The van der Waals surface area contributed by atoms with Crippen molar-refractivity contribution in [2.75, 3.05) is 0 Å². The van der Waals surface area contributed by atoms with Crippen molar-refractivity contribution in [3.8, 4) is 0 Å². The third kappa shape index (κ3) is 2.38. The van der Waals surface area contributed by atoms with Gasteiger partial charge in [0.05, 0.1) is 0 Å². The first-order valence-corrected chi connectivity index (χ1v) is 6.49. The standard InChI is InChI=1S/C16H11ClFNO/c17-12-6-11(7-13(18)8-12)16(20)14-3-1-2-10-4-5-19-9-15(10)14/h1-9,16,20H. The second kappa shape index (κ2) is 5.19. The van der Waals surface area contributed by atoms with Crippen LogP contribution in [0, 0.1) is 5.82 Å². The second-order valence-corrected chi connectivity index (χ2v) is 4.99. The molecule has 0 fully saturated rings. The van der Waals surface area contributed by atoms with Crippen molar-refractivity contribution in [3.63, 3.8) is 0 Å². The van der Waals surface area contributed by atoms with E-state index in [0.29, 0.717) is 11.1 Å². The summed E-state index contributed by atoms with van der Waals surface area (Å²) < 4.78 is 13.4. The lowest BCUT2D eigenvalue weighted by atomic mass is 9.97. The van der Waals surface area contributed by atoms with Crippen LogP contribution >= 0.6 is 11.6 Å². The Bertz CT molecular complexity index is 750. The summed E-state index contributed by atoms with van der Waals surface area (Å²) in [6.45, 7) is 0. The minimum atomic E-state index is -0.948. The second-order valence-electron chi connectivity index (χ2n) is 4.55. The van der Waals surface area contributed by atoms with Crippen LogP contribution in [0.5, 0.6) is 0 Å². The molecule has 0 spiro atoms. The predicted octanol–water partition coefficient (Wildman–Crippen LogP) is 4.11. The fourth-order valence-electron chi connectivity index (χ4n) is 2.29. The fraction of sp³-hybridized carbons (Fsp3) is 0.0625. The van der Waals surface area contributed by atoms with Crippen LogP contribution in [0.25, 0.3) is 10.8 Å². The molecule has 0 aliphatic heterocycles. The molecule has 0 aliphatic carbocycles. The largest absolute Gasteiger partial charge is 0.384 e. The molecule has 0 amide bonds. The maximum atomic E-state index is 13.4. The smallest absolute Gasteiger partial charge is 0.125 e. The van der Waals surface area contributed by atoms with Gasteiger partial charge in [0.25, 0.3) is 0 Å². The first-order chi connectivity index (χ1) is 9.65. The molecule has 0 saturated carbocycles. The molecule has 1 aromatic heterocycles. The molecular formula is C16H11ClFNO. The van der Waals surface area contributed by atoms with E-state index in [2.05, 4.69) is 4.98 Å². The lowest BCUT2D eigenvalue weighted by Crippen LogP contribution is -2.01. The third-order valence-electron chi connectivity index (χ3n) is 3.21. The summed E-state index contributed by atoms with van der Waals surface area (Å²) >= 11 is 5.84. The van der Waals surface area contributed by atoms with E-state index in [1.54, 1.807) is 24.5 Å². The normalized spacial score (nSPS) is 12.6. The van der Waals surface area contributed by atoms with E-state index in [4.69, 9.17) is 11.6 Å². The minimum Gasteiger partial charge on any atom is -0.384 e. The maximum absolute atomic E-state index is 13.4. The highest BCUT2D eigenvalue weighted by Crippen LogP contribution is 2.30. The van der Waals surface area contributed by atoms with Crippen LogP contribution in [0.2, 0.25) is 5.02 Å². The lowest BCUT2D eigenvalue weighted by molar-refractivity contribution is 0.221. The summed E-state index contributed by atoms with van der Waals surface area (Å²) in [5, 5.41) is 12.6. The quantitative estimate of drug-likeness (QED) is 0.769. The number of hydrogen-bond donors (Lipinski definition) is 1. The molecule has 1 atom stereocenters. The number of aromatic nitrogens is 1. The van der Waals surface area contributed by atoms with Gasteiger partial charge in [0.2, 0.25) is 0 Å². The molecule has 2 nitrogen and oxygen atoms in total. The maximum Gasteiger partial charge on any atom is 0.125 e. The van der Waals surface area contributed by atoms with Crippen LogP contribution in [0.3, 0.4) is 0 Å². The van der Waals surface area contributed by atoms with Gasteiger partial charge in [0, 0.05) is 22.8 Å². The number of hydrogen-bond acceptors (Lipinski definition) is 2. The van der Waals surface area contributed by atoms with Crippen molar-refractivity contribution < 1.29 is 9.50 Å². The van der Waals surface area contributed by atoms with E-state index in [-0.39, 0.29) is 5.02 Å². The van der Waals surface area contributed by atoms with Gasteiger partial charge in [-0.3, -0.25) is 4.98 Å². The van der Waals surface area contributed by atoms with Crippen LogP contribution in [0.4, 0.5) is 4.39 Å². The summed E-state index contributed by atoms with van der Waals surface area (Å²) in [5.74, 6) is -0.468. The number of halogens is 2. The monoisotopic (exact) mass is 287 g/mol. The van der Waals surface area contributed by atoms with Crippen molar-refractivity contribution in [2.45, 2.75) is 6.10 Å². The van der Waals surface area contributed by atoms with Crippen LogP contribution < -0.4 is 0 Å². The molecule has 1 N–H and O–H groups in total. The molecule has 0 radical (unpaired) electrons. The van der Waals surface area contributed by atoms with Crippen LogP contribution in [0.1, 0.15) is 17.2 Å². The van der Waals surface area contributed by atoms with Gasteiger partial charge in [0.1, 0.15) is 11.9 Å². The Kier molecular flexibility index (Phi) is 3.38. The molecule has 3 rings (SSSR count). The number of nitrogens with zero attached hydrogens (tertiary/aromatic N) is 1. The van der Waals surface area contributed by atoms with Gasteiger partial charge in [-0.15, -0.1) is 0 Å². The lowest BCUT2D eigenvalue weighted by Gasteiger charge is -2.14. The number of rotatable bonds is 2. The summed E-state index contributed by atoms with van der Waals surface area (Å²) in [5.41, 5.74) is 1.10.